The molecule has 1 aliphatic heterocycles. The number of rotatable bonds is 3. The van der Waals surface area contributed by atoms with Gasteiger partial charge in [0.1, 0.15) is 4.90 Å². The molecule has 0 radical (unpaired) electrons. The lowest BCUT2D eigenvalue weighted by atomic mass is 10.4. The summed E-state index contributed by atoms with van der Waals surface area (Å²) < 4.78 is 28.7. The number of hydrogen-bond acceptors (Lipinski definition) is 5. The predicted octanol–water partition coefficient (Wildman–Crippen LogP) is 0.512. The van der Waals surface area contributed by atoms with Crippen molar-refractivity contribution in [1.82, 2.24) is 24.0 Å². The van der Waals surface area contributed by atoms with Gasteiger partial charge >= 0.3 is 0 Å². The largest absolute Gasteiger partial charge is 0.304 e. The molecule has 0 aliphatic carbocycles. The normalized spacial score (nSPS) is 17.7. The third-order valence-corrected chi connectivity index (χ3v) is 5.91. The zero-order chi connectivity index (χ0) is 15.7. The Bertz CT molecular complexity index is 749. The van der Waals surface area contributed by atoms with E-state index in [0.29, 0.717) is 24.6 Å². The maximum Gasteiger partial charge on any atom is 0.246 e. The lowest BCUT2D eigenvalue weighted by Crippen LogP contribution is -2.47. The molecular formula is C14H19N5O2S. The van der Waals surface area contributed by atoms with E-state index in [9.17, 15) is 8.42 Å². The van der Waals surface area contributed by atoms with Crippen LogP contribution in [0.15, 0.2) is 35.5 Å². The van der Waals surface area contributed by atoms with E-state index in [-0.39, 0.29) is 4.90 Å². The lowest BCUT2D eigenvalue weighted by molar-refractivity contribution is 0.222. The summed E-state index contributed by atoms with van der Waals surface area (Å²) in [4.78, 5) is 6.59. The van der Waals surface area contributed by atoms with E-state index in [2.05, 4.69) is 15.0 Å². The molecule has 0 atom stereocenters. The molecule has 2 aromatic rings. The van der Waals surface area contributed by atoms with Gasteiger partial charge in [-0.25, -0.2) is 18.1 Å². The van der Waals surface area contributed by atoms with Crippen LogP contribution < -0.4 is 0 Å². The van der Waals surface area contributed by atoms with E-state index in [1.54, 1.807) is 23.9 Å². The molecule has 1 fully saturated rings. The molecule has 2 aromatic heterocycles. The van der Waals surface area contributed by atoms with Crippen LogP contribution in [0, 0.1) is 6.92 Å². The molecule has 118 valence electrons. The second-order valence-electron chi connectivity index (χ2n) is 5.40. The van der Waals surface area contributed by atoms with Gasteiger partial charge < -0.3 is 4.90 Å². The van der Waals surface area contributed by atoms with E-state index in [1.807, 2.05) is 19.2 Å². The van der Waals surface area contributed by atoms with Crippen LogP contribution in [0.4, 0.5) is 0 Å². The first-order chi connectivity index (χ1) is 10.5. The molecule has 0 aromatic carbocycles. The number of sulfonamides is 1. The second kappa shape index (κ2) is 5.79. The highest BCUT2D eigenvalue weighted by molar-refractivity contribution is 7.89. The summed E-state index contributed by atoms with van der Waals surface area (Å²) >= 11 is 0. The van der Waals surface area contributed by atoms with Crippen LogP contribution in [0.5, 0.6) is 0 Å². The minimum absolute atomic E-state index is 0.253. The molecule has 0 spiro atoms. The second-order valence-corrected chi connectivity index (χ2v) is 7.31. The van der Waals surface area contributed by atoms with Crippen molar-refractivity contribution in [3.8, 4) is 5.82 Å². The van der Waals surface area contributed by atoms with Gasteiger partial charge in [0.2, 0.25) is 10.0 Å². The molecule has 3 rings (SSSR count). The van der Waals surface area contributed by atoms with Gasteiger partial charge in [-0.3, -0.25) is 0 Å². The molecule has 0 saturated carbocycles. The molecule has 1 aliphatic rings. The molecule has 0 amide bonds. The smallest absolute Gasteiger partial charge is 0.246 e. The molecule has 0 N–H and O–H groups in total. The van der Waals surface area contributed by atoms with Gasteiger partial charge in [-0.05, 0) is 26.1 Å². The highest BCUT2D eigenvalue weighted by atomic mass is 32.2. The van der Waals surface area contributed by atoms with Crippen LogP contribution in [0.1, 0.15) is 5.69 Å². The van der Waals surface area contributed by atoms with Crippen LogP contribution in [0.25, 0.3) is 5.82 Å². The van der Waals surface area contributed by atoms with Crippen LogP contribution in [0.3, 0.4) is 0 Å². The van der Waals surface area contributed by atoms with Crippen LogP contribution in [0.2, 0.25) is 0 Å². The zero-order valence-corrected chi connectivity index (χ0v) is 13.5. The minimum atomic E-state index is -3.51. The van der Waals surface area contributed by atoms with E-state index >= 15 is 0 Å². The summed E-state index contributed by atoms with van der Waals surface area (Å²) in [6.07, 6.45) is 3.07. The maximum absolute atomic E-state index is 12.8. The summed E-state index contributed by atoms with van der Waals surface area (Å²) in [6.45, 7) is 4.25. The summed E-state index contributed by atoms with van der Waals surface area (Å²) in [5.74, 6) is 0.611. The Morgan fingerprint density at radius 3 is 2.50 bits per heavy atom. The summed E-state index contributed by atoms with van der Waals surface area (Å²) in [5.41, 5.74) is 0.581. The Balaban J connectivity index is 1.94. The Hall–Kier alpha value is -1.77. The maximum atomic E-state index is 12.8. The Kier molecular flexibility index (Phi) is 3.98. The quantitative estimate of drug-likeness (QED) is 0.824. The number of nitrogens with zero attached hydrogens (tertiary/aromatic N) is 5. The van der Waals surface area contributed by atoms with Crippen molar-refractivity contribution in [3.05, 3.63) is 36.3 Å². The third kappa shape index (κ3) is 2.65. The van der Waals surface area contributed by atoms with Gasteiger partial charge in [0, 0.05) is 32.4 Å². The van der Waals surface area contributed by atoms with Crippen molar-refractivity contribution < 1.29 is 8.42 Å². The number of pyridine rings is 1. The van der Waals surface area contributed by atoms with Crippen LogP contribution in [-0.2, 0) is 10.0 Å². The molecule has 22 heavy (non-hydrogen) atoms. The molecular weight excluding hydrogens is 302 g/mol. The molecule has 0 unspecified atom stereocenters. The van der Waals surface area contributed by atoms with E-state index in [4.69, 9.17) is 0 Å². The molecule has 7 nitrogen and oxygen atoms in total. The predicted molar refractivity (Wildman–Crippen MR) is 82.4 cm³/mol. The van der Waals surface area contributed by atoms with Gasteiger partial charge in [0.25, 0.3) is 0 Å². The molecule has 1 saturated heterocycles. The van der Waals surface area contributed by atoms with Gasteiger partial charge in [0.05, 0.1) is 11.9 Å². The van der Waals surface area contributed by atoms with Crippen molar-refractivity contribution in [2.75, 3.05) is 33.2 Å². The van der Waals surface area contributed by atoms with Crippen LogP contribution >= 0.6 is 0 Å². The van der Waals surface area contributed by atoms with E-state index < -0.39 is 10.0 Å². The Morgan fingerprint density at radius 2 is 1.86 bits per heavy atom. The molecule has 8 heteroatoms. The van der Waals surface area contributed by atoms with Crippen molar-refractivity contribution in [2.24, 2.45) is 0 Å². The molecule has 0 bridgehead atoms. The fourth-order valence-electron chi connectivity index (χ4n) is 2.53. The van der Waals surface area contributed by atoms with E-state index in [0.717, 1.165) is 13.1 Å². The van der Waals surface area contributed by atoms with Gasteiger partial charge in [0.15, 0.2) is 5.82 Å². The van der Waals surface area contributed by atoms with Crippen LogP contribution in [-0.4, -0.2) is 65.6 Å². The van der Waals surface area contributed by atoms with Crippen molar-refractivity contribution >= 4 is 10.0 Å². The summed E-state index contributed by atoms with van der Waals surface area (Å²) in [7, 11) is -1.51. The first-order valence-corrected chi connectivity index (χ1v) is 8.59. The average molecular weight is 321 g/mol. The highest BCUT2D eigenvalue weighted by Gasteiger charge is 2.30. The number of hydrogen-bond donors (Lipinski definition) is 0. The van der Waals surface area contributed by atoms with Gasteiger partial charge in [-0.15, -0.1) is 0 Å². The third-order valence-electron chi connectivity index (χ3n) is 3.91. The standard InChI is InChI=1S/C14H19N5O2S/c1-12-13(11-16-19(12)14-5-3-4-6-15-14)22(20,21)18-9-7-17(2)8-10-18/h3-6,11H,7-10H2,1-2H3. The van der Waals surface area contributed by atoms with Crippen molar-refractivity contribution in [3.63, 3.8) is 0 Å². The summed E-state index contributed by atoms with van der Waals surface area (Å²) in [5, 5.41) is 4.20. The highest BCUT2D eigenvalue weighted by Crippen LogP contribution is 2.22. The van der Waals surface area contributed by atoms with Gasteiger partial charge in [-0.2, -0.15) is 9.40 Å². The first kappa shape index (κ1) is 15.1. The first-order valence-electron chi connectivity index (χ1n) is 7.15. The average Bonchev–Trinajstić information content (AvgIpc) is 2.91. The van der Waals surface area contributed by atoms with Crippen molar-refractivity contribution in [1.29, 1.82) is 0 Å². The fraction of sp³-hybridized carbons (Fsp3) is 0.429. The van der Waals surface area contributed by atoms with E-state index in [1.165, 1.54) is 10.5 Å². The Labute approximate surface area is 130 Å². The van der Waals surface area contributed by atoms with Gasteiger partial charge in [-0.1, -0.05) is 6.07 Å². The number of piperazine rings is 1. The van der Waals surface area contributed by atoms with Crippen molar-refractivity contribution in [2.45, 2.75) is 11.8 Å². The minimum Gasteiger partial charge on any atom is -0.304 e. The topological polar surface area (TPSA) is 71.3 Å². The Morgan fingerprint density at radius 1 is 1.14 bits per heavy atom. The SMILES string of the molecule is Cc1c(S(=O)(=O)N2CCN(C)CC2)cnn1-c1ccccn1. The summed E-state index contributed by atoms with van der Waals surface area (Å²) in [6, 6.07) is 5.45. The number of aromatic nitrogens is 3. The zero-order valence-electron chi connectivity index (χ0n) is 12.7. The monoisotopic (exact) mass is 321 g/mol. The number of likely N-dealkylation sites (N-methyl/N-ethyl adjacent to an activating group) is 1. The lowest BCUT2D eigenvalue weighted by Gasteiger charge is -2.31. The fourth-order valence-corrected chi connectivity index (χ4v) is 4.09. The molecule has 3 heterocycles.